The van der Waals surface area contributed by atoms with Crippen LogP contribution < -0.4 is 11.1 Å². The highest BCUT2D eigenvalue weighted by Gasteiger charge is 2.15. The Morgan fingerprint density at radius 2 is 2.15 bits per heavy atom. The predicted octanol–water partition coefficient (Wildman–Crippen LogP) is 0.995. The lowest BCUT2D eigenvalue weighted by Crippen LogP contribution is -2.23. The number of carbonyl (C=O) groups excluding carboxylic acids is 1. The monoisotopic (exact) mass is 312 g/mol. The molecule has 7 nitrogen and oxygen atoms in total. The van der Waals surface area contributed by atoms with Crippen molar-refractivity contribution in [2.45, 2.75) is 20.0 Å². The summed E-state index contributed by atoms with van der Waals surface area (Å²) < 4.78 is 0. The van der Waals surface area contributed by atoms with Gasteiger partial charge in [0, 0.05) is 11.9 Å². The van der Waals surface area contributed by atoms with Crippen molar-refractivity contribution >= 4 is 34.6 Å². The van der Waals surface area contributed by atoms with Crippen LogP contribution in [0.5, 0.6) is 0 Å². The fourth-order valence-electron chi connectivity index (χ4n) is 1.48. The number of nitrogens with two attached hydrogens (primary N) is 1. The van der Waals surface area contributed by atoms with Gasteiger partial charge in [0.2, 0.25) is 0 Å². The summed E-state index contributed by atoms with van der Waals surface area (Å²) in [5.74, 6) is -1.34. The summed E-state index contributed by atoms with van der Waals surface area (Å²) in [4.78, 5) is 31.1. The summed E-state index contributed by atoms with van der Waals surface area (Å²) in [5.41, 5.74) is 6.19. The average Bonchev–Trinajstić information content (AvgIpc) is 3.02. The van der Waals surface area contributed by atoms with Crippen LogP contribution in [0.25, 0.3) is 0 Å². The Kier molecular flexibility index (Phi) is 4.42. The van der Waals surface area contributed by atoms with E-state index in [0.717, 1.165) is 11.3 Å². The minimum absolute atomic E-state index is 0.174. The molecule has 0 radical (unpaired) electrons. The summed E-state index contributed by atoms with van der Waals surface area (Å²) >= 11 is 2.37. The number of carbonyl (C=O) groups is 2. The van der Waals surface area contributed by atoms with Gasteiger partial charge in [-0.3, -0.25) is 4.79 Å². The van der Waals surface area contributed by atoms with E-state index in [0.29, 0.717) is 27.9 Å². The van der Waals surface area contributed by atoms with E-state index < -0.39 is 5.97 Å². The van der Waals surface area contributed by atoms with E-state index in [-0.39, 0.29) is 17.3 Å². The van der Waals surface area contributed by atoms with Crippen LogP contribution >= 0.6 is 22.7 Å². The van der Waals surface area contributed by atoms with Crippen molar-refractivity contribution in [1.82, 2.24) is 15.3 Å². The molecule has 106 valence electrons. The van der Waals surface area contributed by atoms with Crippen molar-refractivity contribution in [3.05, 3.63) is 31.7 Å². The van der Waals surface area contributed by atoms with E-state index in [1.807, 2.05) is 0 Å². The van der Waals surface area contributed by atoms with Gasteiger partial charge in [-0.15, -0.1) is 22.7 Å². The molecular weight excluding hydrogens is 300 g/mol. The van der Waals surface area contributed by atoms with Gasteiger partial charge in [-0.1, -0.05) is 0 Å². The van der Waals surface area contributed by atoms with Gasteiger partial charge < -0.3 is 16.2 Å². The summed E-state index contributed by atoms with van der Waals surface area (Å²) in [6.45, 7) is 2.10. The van der Waals surface area contributed by atoms with E-state index in [9.17, 15) is 9.59 Å². The number of nitrogens with zero attached hydrogens (tertiary/aromatic N) is 2. The molecule has 1 amide bonds. The number of amides is 1. The molecule has 2 aromatic rings. The Morgan fingerprint density at radius 3 is 2.70 bits per heavy atom. The molecule has 0 aliphatic heterocycles. The molecule has 2 heterocycles. The number of thiazole rings is 2. The van der Waals surface area contributed by atoms with Gasteiger partial charge in [-0.05, 0) is 6.92 Å². The van der Waals surface area contributed by atoms with E-state index in [2.05, 4.69) is 15.3 Å². The molecule has 0 aromatic carbocycles. The number of rotatable bonds is 5. The lowest BCUT2D eigenvalue weighted by molar-refractivity contribution is 0.0701. The van der Waals surface area contributed by atoms with E-state index >= 15 is 0 Å². The van der Waals surface area contributed by atoms with Crippen molar-refractivity contribution < 1.29 is 14.7 Å². The van der Waals surface area contributed by atoms with Crippen molar-refractivity contribution in [1.29, 1.82) is 0 Å². The normalized spacial score (nSPS) is 10.5. The van der Waals surface area contributed by atoms with Crippen LogP contribution in [0, 0.1) is 6.92 Å². The summed E-state index contributed by atoms with van der Waals surface area (Å²) in [6, 6.07) is 0. The molecule has 20 heavy (non-hydrogen) atoms. The molecule has 0 bridgehead atoms. The molecule has 0 saturated carbocycles. The van der Waals surface area contributed by atoms with Gasteiger partial charge in [0.05, 0.1) is 12.2 Å². The second kappa shape index (κ2) is 6.07. The number of aromatic carboxylic acids is 1. The first-order valence-electron chi connectivity index (χ1n) is 5.63. The minimum Gasteiger partial charge on any atom is -0.477 e. The number of hydrogen-bond acceptors (Lipinski definition) is 7. The van der Waals surface area contributed by atoms with Gasteiger partial charge in [0.15, 0.2) is 0 Å². The van der Waals surface area contributed by atoms with Crippen LogP contribution in [0.4, 0.5) is 0 Å². The SMILES string of the molecule is Cc1nc(CNC(=O)c2csc(CN)n2)sc1C(=O)O. The van der Waals surface area contributed by atoms with Crippen molar-refractivity contribution in [3.8, 4) is 0 Å². The van der Waals surface area contributed by atoms with Crippen LogP contribution in [0.15, 0.2) is 5.38 Å². The van der Waals surface area contributed by atoms with E-state index in [1.54, 1.807) is 12.3 Å². The Bertz CT molecular complexity index is 650. The zero-order valence-electron chi connectivity index (χ0n) is 10.5. The molecular formula is C11H12N4O3S2. The van der Waals surface area contributed by atoms with Crippen LogP contribution in [0.2, 0.25) is 0 Å². The molecule has 2 rings (SSSR count). The lowest BCUT2D eigenvalue weighted by Gasteiger charge is -1.99. The fourth-order valence-corrected chi connectivity index (χ4v) is 2.98. The predicted molar refractivity (Wildman–Crippen MR) is 75.0 cm³/mol. The third-order valence-electron chi connectivity index (χ3n) is 2.39. The molecule has 0 unspecified atom stereocenters. The number of carboxylic acids is 1. The molecule has 0 spiro atoms. The summed E-state index contributed by atoms with van der Waals surface area (Å²) in [7, 11) is 0. The molecule has 4 N–H and O–H groups in total. The van der Waals surface area contributed by atoms with Crippen molar-refractivity contribution in [3.63, 3.8) is 0 Å². The Hall–Kier alpha value is -1.84. The quantitative estimate of drug-likeness (QED) is 0.758. The number of hydrogen-bond donors (Lipinski definition) is 3. The zero-order chi connectivity index (χ0) is 14.7. The zero-order valence-corrected chi connectivity index (χ0v) is 12.2. The first kappa shape index (κ1) is 14.6. The first-order valence-corrected chi connectivity index (χ1v) is 7.33. The fraction of sp³-hybridized carbons (Fsp3) is 0.273. The topological polar surface area (TPSA) is 118 Å². The van der Waals surface area contributed by atoms with E-state index in [1.165, 1.54) is 11.3 Å². The van der Waals surface area contributed by atoms with Crippen molar-refractivity contribution in [2.24, 2.45) is 5.73 Å². The number of nitrogens with one attached hydrogen (secondary N) is 1. The van der Waals surface area contributed by atoms with Gasteiger partial charge in [-0.25, -0.2) is 14.8 Å². The van der Waals surface area contributed by atoms with Crippen LogP contribution in [-0.2, 0) is 13.1 Å². The molecule has 0 aliphatic rings. The summed E-state index contributed by atoms with van der Waals surface area (Å²) in [5, 5.41) is 14.4. The third-order valence-corrected chi connectivity index (χ3v) is 4.41. The van der Waals surface area contributed by atoms with Crippen LogP contribution in [0.1, 0.15) is 35.9 Å². The third kappa shape index (κ3) is 3.18. The molecule has 2 aromatic heterocycles. The maximum atomic E-state index is 11.8. The highest BCUT2D eigenvalue weighted by Crippen LogP contribution is 2.18. The molecule has 9 heteroatoms. The maximum absolute atomic E-state index is 11.8. The highest BCUT2D eigenvalue weighted by atomic mass is 32.1. The highest BCUT2D eigenvalue weighted by molar-refractivity contribution is 7.13. The Labute approximate surface area is 122 Å². The summed E-state index contributed by atoms with van der Waals surface area (Å²) in [6.07, 6.45) is 0. The first-order chi connectivity index (χ1) is 9.51. The second-order valence-electron chi connectivity index (χ2n) is 3.84. The number of aryl methyl sites for hydroxylation is 1. The van der Waals surface area contributed by atoms with Crippen molar-refractivity contribution in [2.75, 3.05) is 0 Å². The Morgan fingerprint density at radius 1 is 1.40 bits per heavy atom. The minimum atomic E-state index is -1.01. The van der Waals surface area contributed by atoms with Crippen LogP contribution in [-0.4, -0.2) is 27.0 Å². The molecule has 0 saturated heterocycles. The molecule has 0 fully saturated rings. The molecule has 0 atom stereocenters. The van der Waals surface area contributed by atoms with Gasteiger partial charge in [0.1, 0.15) is 20.6 Å². The maximum Gasteiger partial charge on any atom is 0.347 e. The molecule has 0 aliphatic carbocycles. The average molecular weight is 312 g/mol. The smallest absolute Gasteiger partial charge is 0.347 e. The van der Waals surface area contributed by atoms with Gasteiger partial charge in [-0.2, -0.15) is 0 Å². The lowest BCUT2D eigenvalue weighted by atomic mass is 10.4. The van der Waals surface area contributed by atoms with Gasteiger partial charge in [0.25, 0.3) is 5.91 Å². The number of aromatic nitrogens is 2. The standard InChI is InChI=1S/C11H12N4O3S2/c1-5-9(11(17)18)20-8(14-5)3-13-10(16)6-4-19-7(2-12)15-6/h4H,2-3,12H2,1H3,(H,13,16)(H,17,18). The second-order valence-corrected chi connectivity index (χ2v) is 5.87. The van der Waals surface area contributed by atoms with Gasteiger partial charge >= 0.3 is 5.97 Å². The largest absolute Gasteiger partial charge is 0.477 e. The van der Waals surface area contributed by atoms with E-state index in [4.69, 9.17) is 10.8 Å². The Balaban J connectivity index is 1.99. The number of carboxylic acid groups (broad SMARTS) is 1. The van der Waals surface area contributed by atoms with Crippen LogP contribution in [0.3, 0.4) is 0 Å².